The second kappa shape index (κ2) is 5.46. The van der Waals surface area contributed by atoms with Crippen LogP contribution in [0.15, 0.2) is 23.8 Å². The Bertz CT molecular complexity index is 710. The van der Waals surface area contributed by atoms with E-state index in [1.54, 1.807) is 22.7 Å². The van der Waals surface area contributed by atoms with Crippen molar-refractivity contribution in [1.29, 1.82) is 0 Å². The standard InChI is InChI=1S/C14H15N3OS2/c1-9(2)7-17-14(15-8-16-17)5-10(18)12-6-13-11(20-12)3-4-19-13/h3-4,6,8-9H,5,7H2,1-2H3. The van der Waals surface area contributed by atoms with Crippen LogP contribution in [0.4, 0.5) is 0 Å². The van der Waals surface area contributed by atoms with Crippen LogP contribution in [0.25, 0.3) is 9.40 Å². The molecule has 0 fully saturated rings. The maximum absolute atomic E-state index is 12.4. The molecule has 3 heterocycles. The number of fused-ring (bicyclic) bond motifs is 1. The SMILES string of the molecule is CC(C)Cn1ncnc1CC(=O)c1cc2sccc2s1. The van der Waals surface area contributed by atoms with Gasteiger partial charge in [0.05, 0.1) is 11.3 Å². The molecule has 0 aliphatic heterocycles. The minimum atomic E-state index is 0.122. The van der Waals surface area contributed by atoms with Gasteiger partial charge in [-0.1, -0.05) is 13.8 Å². The molecule has 0 atom stereocenters. The zero-order valence-corrected chi connectivity index (χ0v) is 13.0. The molecule has 0 saturated heterocycles. The third-order valence-corrected chi connectivity index (χ3v) is 5.10. The highest BCUT2D eigenvalue weighted by molar-refractivity contribution is 7.27. The van der Waals surface area contributed by atoms with Crippen molar-refractivity contribution in [3.8, 4) is 0 Å². The van der Waals surface area contributed by atoms with Crippen molar-refractivity contribution in [1.82, 2.24) is 14.8 Å². The van der Waals surface area contributed by atoms with Crippen LogP contribution in [0.5, 0.6) is 0 Å². The lowest BCUT2D eigenvalue weighted by Gasteiger charge is -2.07. The van der Waals surface area contributed by atoms with Gasteiger partial charge in [0.1, 0.15) is 12.2 Å². The highest BCUT2D eigenvalue weighted by Gasteiger charge is 2.15. The van der Waals surface area contributed by atoms with Crippen LogP contribution in [0.2, 0.25) is 0 Å². The van der Waals surface area contributed by atoms with Crippen molar-refractivity contribution < 1.29 is 4.79 Å². The van der Waals surface area contributed by atoms with Crippen LogP contribution in [0.1, 0.15) is 29.3 Å². The lowest BCUT2D eigenvalue weighted by molar-refractivity contribution is 0.0993. The molecule has 0 saturated carbocycles. The highest BCUT2D eigenvalue weighted by Crippen LogP contribution is 2.30. The smallest absolute Gasteiger partial charge is 0.180 e. The second-order valence-corrected chi connectivity index (χ2v) is 7.14. The van der Waals surface area contributed by atoms with E-state index in [1.807, 2.05) is 10.7 Å². The largest absolute Gasteiger partial charge is 0.293 e. The van der Waals surface area contributed by atoms with Crippen LogP contribution in [0.3, 0.4) is 0 Å². The van der Waals surface area contributed by atoms with Crippen molar-refractivity contribution in [2.45, 2.75) is 26.8 Å². The molecule has 6 heteroatoms. The number of thiophene rings is 2. The molecule has 104 valence electrons. The zero-order chi connectivity index (χ0) is 14.1. The molecular formula is C14H15N3OS2. The number of carbonyl (C=O) groups excluding carboxylic acids is 1. The monoisotopic (exact) mass is 305 g/mol. The molecular weight excluding hydrogens is 290 g/mol. The van der Waals surface area contributed by atoms with Crippen LogP contribution < -0.4 is 0 Å². The van der Waals surface area contributed by atoms with Crippen molar-refractivity contribution in [2.24, 2.45) is 5.92 Å². The molecule has 0 aliphatic carbocycles. The molecule has 0 radical (unpaired) electrons. The van der Waals surface area contributed by atoms with Crippen LogP contribution in [0, 0.1) is 5.92 Å². The molecule has 0 aromatic carbocycles. The number of nitrogens with zero attached hydrogens (tertiary/aromatic N) is 3. The number of carbonyl (C=O) groups is 1. The minimum absolute atomic E-state index is 0.122. The molecule has 0 N–H and O–H groups in total. The van der Waals surface area contributed by atoms with Gasteiger partial charge in [-0.15, -0.1) is 22.7 Å². The van der Waals surface area contributed by atoms with Gasteiger partial charge in [-0.05, 0) is 23.4 Å². The van der Waals surface area contributed by atoms with Crippen LogP contribution >= 0.6 is 22.7 Å². The first-order valence-corrected chi connectivity index (χ1v) is 8.20. The highest BCUT2D eigenvalue weighted by atomic mass is 32.1. The van der Waals surface area contributed by atoms with E-state index >= 15 is 0 Å². The summed E-state index contributed by atoms with van der Waals surface area (Å²) in [6, 6.07) is 4.04. The van der Waals surface area contributed by atoms with Crippen LogP contribution in [-0.4, -0.2) is 20.5 Å². The summed E-state index contributed by atoms with van der Waals surface area (Å²) in [6.07, 6.45) is 1.85. The molecule has 3 aromatic rings. The maximum Gasteiger partial charge on any atom is 0.180 e. The fourth-order valence-electron chi connectivity index (χ4n) is 2.06. The Morgan fingerprint density at radius 3 is 3.00 bits per heavy atom. The summed E-state index contributed by atoms with van der Waals surface area (Å²) in [7, 11) is 0. The third-order valence-electron chi connectivity index (χ3n) is 2.97. The summed E-state index contributed by atoms with van der Waals surface area (Å²) in [6.45, 7) is 5.05. The Labute approximate surface area is 125 Å². The van der Waals surface area contributed by atoms with Gasteiger partial charge in [0, 0.05) is 15.9 Å². The van der Waals surface area contributed by atoms with E-state index in [-0.39, 0.29) is 5.78 Å². The quantitative estimate of drug-likeness (QED) is 0.676. The van der Waals surface area contributed by atoms with Gasteiger partial charge in [0.15, 0.2) is 5.78 Å². The van der Waals surface area contributed by atoms with Gasteiger partial charge in [-0.2, -0.15) is 5.10 Å². The summed E-state index contributed by atoms with van der Waals surface area (Å²) in [4.78, 5) is 17.4. The minimum Gasteiger partial charge on any atom is -0.293 e. The van der Waals surface area contributed by atoms with Gasteiger partial charge >= 0.3 is 0 Å². The maximum atomic E-state index is 12.4. The number of rotatable bonds is 5. The number of ketones is 1. The topological polar surface area (TPSA) is 47.8 Å². The van der Waals surface area contributed by atoms with Crippen molar-refractivity contribution in [3.05, 3.63) is 34.5 Å². The van der Waals surface area contributed by atoms with E-state index < -0.39 is 0 Å². The zero-order valence-electron chi connectivity index (χ0n) is 11.4. The van der Waals surface area contributed by atoms with Crippen molar-refractivity contribution in [2.75, 3.05) is 0 Å². The Kier molecular flexibility index (Phi) is 3.67. The Hall–Kier alpha value is -1.53. The number of hydrogen-bond acceptors (Lipinski definition) is 5. The normalized spacial score (nSPS) is 11.6. The summed E-state index contributed by atoms with van der Waals surface area (Å²) < 4.78 is 4.20. The Morgan fingerprint density at radius 1 is 1.40 bits per heavy atom. The first-order chi connectivity index (χ1) is 9.63. The van der Waals surface area contributed by atoms with E-state index in [9.17, 15) is 4.79 Å². The summed E-state index contributed by atoms with van der Waals surface area (Å²) in [5.41, 5.74) is 0. The molecule has 4 nitrogen and oxygen atoms in total. The molecule has 20 heavy (non-hydrogen) atoms. The number of Topliss-reactive ketones (excluding diaryl/α,β-unsaturated/α-hetero) is 1. The summed E-state index contributed by atoms with van der Waals surface area (Å²) in [5, 5.41) is 6.24. The van der Waals surface area contributed by atoms with E-state index in [0.717, 1.165) is 17.2 Å². The van der Waals surface area contributed by atoms with Crippen molar-refractivity contribution >= 4 is 37.9 Å². The van der Waals surface area contributed by atoms with E-state index in [2.05, 4.69) is 35.4 Å². The van der Waals surface area contributed by atoms with Crippen LogP contribution in [-0.2, 0) is 13.0 Å². The third kappa shape index (κ3) is 2.66. The van der Waals surface area contributed by atoms with E-state index in [0.29, 0.717) is 12.3 Å². The average Bonchev–Trinajstić information content (AvgIpc) is 3.03. The lowest BCUT2D eigenvalue weighted by Crippen LogP contribution is -2.13. The first-order valence-electron chi connectivity index (χ1n) is 6.50. The molecule has 3 aromatic heterocycles. The first kappa shape index (κ1) is 13.5. The van der Waals surface area contributed by atoms with Gasteiger partial charge in [0.2, 0.25) is 0 Å². The molecule has 0 spiro atoms. The molecule has 0 bridgehead atoms. The van der Waals surface area contributed by atoms with E-state index in [4.69, 9.17) is 0 Å². The predicted octanol–water partition coefficient (Wildman–Crippen LogP) is 3.64. The number of hydrogen-bond donors (Lipinski definition) is 0. The summed E-state index contributed by atoms with van der Waals surface area (Å²) >= 11 is 3.23. The van der Waals surface area contributed by atoms with Gasteiger partial charge in [-0.25, -0.2) is 9.67 Å². The molecule has 3 rings (SSSR count). The fourth-order valence-corrected chi connectivity index (χ4v) is 4.10. The predicted molar refractivity (Wildman–Crippen MR) is 82.6 cm³/mol. The molecule has 0 amide bonds. The fraction of sp³-hybridized carbons (Fsp3) is 0.357. The summed E-state index contributed by atoms with van der Waals surface area (Å²) in [5.74, 6) is 1.36. The van der Waals surface area contributed by atoms with Gasteiger partial charge in [-0.3, -0.25) is 4.79 Å². The van der Waals surface area contributed by atoms with Crippen molar-refractivity contribution in [3.63, 3.8) is 0 Å². The van der Waals surface area contributed by atoms with Gasteiger partial charge < -0.3 is 0 Å². The van der Waals surface area contributed by atoms with E-state index in [1.165, 1.54) is 15.7 Å². The average molecular weight is 305 g/mol. The Balaban J connectivity index is 1.79. The van der Waals surface area contributed by atoms with Gasteiger partial charge in [0.25, 0.3) is 0 Å². The number of aromatic nitrogens is 3. The molecule has 0 unspecified atom stereocenters. The Morgan fingerprint density at radius 2 is 2.25 bits per heavy atom. The molecule has 0 aliphatic rings. The lowest BCUT2D eigenvalue weighted by atomic mass is 10.2. The second-order valence-electron chi connectivity index (χ2n) is 5.11.